The second-order valence-electron chi connectivity index (χ2n) is 4.87. The Hall–Kier alpha value is -1.19. The first kappa shape index (κ1) is 12.9. The summed E-state index contributed by atoms with van der Waals surface area (Å²) < 4.78 is 42.1. The molecule has 0 aliphatic rings. The maximum atomic E-state index is 12.3. The van der Waals surface area contributed by atoms with E-state index >= 15 is 0 Å². The smallest absolute Gasteiger partial charge is 0.416 e. The summed E-state index contributed by atoms with van der Waals surface area (Å²) in [6.07, 6.45) is -4.29. The van der Waals surface area contributed by atoms with Crippen LogP contribution in [-0.4, -0.2) is 6.61 Å². The first-order valence-electron chi connectivity index (χ1n) is 4.98. The molecule has 0 atom stereocenters. The third kappa shape index (κ3) is 4.13. The quantitative estimate of drug-likeness (QED) is 0.745. The topological polar surface area (TPSA) is 9.23 Å². The van der Waals surface area contributed by atoms with Gasteiger partial charge in [0.05, 0.1) is 12.2 Å². The summed E-state index contributed by atoms with van der Waals surface area (Å²) >= 11 is 0. The van der Waals surface area contributed by atoms with E-state index in [1.807, 2.05) is 20.8 Å². The molecule has 1 aromatic rings. The molecule has 0 N–H and O–H groups in total. The molecule has 0 radical (unpaired) electrons. The zero-order valence-electron chi connectivity index (χ0n) is 9.56. The molecule has 0 saturated carbocycles. The van der Waals surface area contributed by atoms with Gasteiger partial charge in [-0.05, 0) is 29.7 Å². The zero-order valence-corrected chi connectivity index (χ0v) is 9.56. The van der Waals surface area contributed by atoms with Gasteiger partial charge in [0.1, 0.15) is 5.75 Å². The van der Waals surface area contributed by atoms with Crippen molar-refractivity contribution in [3.8, 4) is 5.75 Å². The van der Waals surface area contributed by atoms with Gasteiger partial charge in [-0.3, -0.25) is 0 Å². The van der Waals surface area contributed by atoms with Crippen LogP contribution < -0.4 is 4.74 Å². The molecule has 1 rings (SSSR count). The molecule has 1 nitrogen and oxygen atoms in total. The van der Waals surface area contributed by atoms with Crippen molar-refractivity contribution in [2.24, 2.45) is 5.41 Å². The van der Waals surface area contributed by atoms with Crippen molar-refractivity contribution in [2.45, 2.75) is 26.9 Å². The number of benzene rings is 1. The van der Waals surface area contributed by atoms with Gasteiger partial charge in [0.2, 0.25) is 0 Å². The summed E-state index contributed by atoms with van der Waals surface area (Å²) in [5, 5.41) is 0. The lowest BCUT2D eigenvalue weighted by atomic mass is 9.99. The number of ether oxygens (including phenoxy) is 1. The minimum absolute atomic E-state index is 0.0112. The summed E-state index contributed by atoms with van der Waals surface area (Å²) in [5.41, 5.74) is -0.668. The molecule has 0 spiro atoms. The van der Waals surface area contributed by atoms with Crippen molar-refractivity contribution < 1.29 is 17.9 Å². The standard InChI is InChI=1S/C12H15F3O/c1-11(2,3)8-16-10-6-4-9(5-7-10)12(13,14)15/h4-7H,8H2,1-3H3. The van der Waals surface area contributed by atoms with Gasteiger partial charge in [-0.25, -0.2) is 0 Å². The first-order valence-corrected chi connectivity index (χ1v) is 4.98. The molecule has 90 valence electrons. The minimum Gasteiger partial charge on any atom is -0.493 e. The number of rotatable bonds is 2. The molecular weight excluding hydrogens is 217 g/mol. The van der Waals surface area contributed by atoms with Crippen LogP contribution in [0.25, 0.3) is 0 Å². The van der Waals surface area contributed by atoms with E-state index in [9.17, 15) is 13.2 Å². The van der Waals surface area contributed by atoms with E-state index in [0.29, 0.717) is 12.4 Å². The first-order chi connectivity index (χ1) is 7.18. The van der Waals surface area contributed by atoms with Gasteiger partial charge in [0.15, 0.2) is 0 Å². The third-order valence-electron chi connectivity index (χ3n) is 1.85. The van der Waals surface area contributed by atoms with Crippen molar-refractivity contribution >= 4 is 0 Å². The van der Waals surface area contributed by atoms with Crippen LogP contribution in [-0.2, 0) is 6.18 Å². The summed E-state index contributed by atoms with van der Waals surface area (Å²) in [4.78, 5) is 0. The fraction of sp³-hybridized carbons (Fsp3) is 0.500. The monoisotopic (exact) mass is 232 g/mol. The second kappa shape index (κ2) is 4.36. The van der Waals surface area contributed by atoms with E-state index in [-0.39, 0.29) is 5.41 Å². The summed E-state index contributed by atoms with van der Waals surface area (Å²) in [7, 11) is 0. The Kier molecular flexibility index (Phi) is 3.51. The molecule has 16 heavy (non-hydrogen) atoms. The fourth-order valence-electron chi connectivity index (χ4n) is 1.04. The molecule has 4 heteroatoms. The number of hydrogen-bond donors (Lipinski definition) is 0. The molecule has 0 amide bonds. The van der Waals surface area contributed by atoms with Crippen LogP contribution in [0.4, 0.5) is 13.2 Å². The normalized spacial score (nSPS) is 12.6. The largest absolute Gasteiger partial charge is 0.493 e. The van der Waals surface area contributed by atoms with E-state index in [0.717, 1.165) is 12.1 Å². The maximum Gasteiger partial charge on any atom is 0.416 e. The maximum absolute atomic E-state index is 12.3. The van der Waals surface area contributed by atoms with Crippen LogP contribution in [0.5, 0.6) is 5.75 Å². The predicted molar refractivity (Wildman–Crippen MR) is 56.4 cm³/mol. The minimum atomic E-state index is -4.29. The average molecular weight is 232 g/mol. The van der Waals surface area contributed by atoms with Crippen molar-refractivity contribution in [1.29, 1.82) is 0 Å². The summed E-state index contributed by atoms with van der Waals surface area (Å²) in [6.45, 7) is 6.46. The zero-order chi connectivity index (χ0) is 12.4. The van der Waals surface area contributed by atoms with Crippen molar-refractivity contribution in [2.75, 3.05) is 6.61 Å². The van der Waals surface area contributed by atoms with E-state index < -0.39 is 11.7 Å². The predicted octanol–water partition coefficient (Wildman–Crippen LogP) is 4.13. The number of halogens is 3. The molecule has 0 aliphatic carbocycles. The Balaban J connectivity index is 2.66. The van der Waals surface area contributed by atoms with Gasteiger partial charge >= 0.3 is 6.18 Å². The summed E-state index contributed by atoms with van der Waals surface area (Å²) in [5.74, 6) is 0.461. The van der Waals surface area contributed by atoms with Crippen molar-refractivity contribution in [3.63, 3.8) is 0 Å². The molecule has 0 saturated heterocycles. The average Bonchev–Trinajstić information content (AvgIpc) is 2.13. The van der Waals surface area contributed by atoms with Crippen LogP contribution in [0.3, 0.4) is 0 Å². The lowest BCUT2D eigenvalue weighted by Gasteiger charge is -2.19. The van der Waals surface area contributed by atoms with Gasteiger partial charge in [0, 0.05) is 0 Å². The van der Waals surface area contributed by atoms with Gasteiger partial charge < -0.3 is 4.74 Å². The Morgan fingerprint density at radius 2 is 1.50 bits per heavy atom. The number of hydrogen-bond acceptors (Lipinski definition) is 1. The number of alkyl halides is 3. The molecule has 0 aliphatic heterocycles. The SMILES string of the molecule is CC(C)(C)COc1ccc(C(F)(F)F)cc1. The molecule has 0 unspecified atom stereocenters. The molecular formula is C12H15F3O. The highest BCUT2D eigenvalue weighted by Gasteiger charge is 2.30. The molecule has 1 aromatic carbocycles. The van der Waals surface area contributed by atoms with E-state index in [2.05, 4.69) is 0 Å². The van der Waals surface area contributed by atoms with Crippen molar-refractivity contribution in [1.82, 2.24) is 0 Å². The fourth-order valence-corrected chi connectivity index (χ4v) is 1.04. The Morgan fingerprint density at radius 1 is 1.00 bits per heavy atom. The van der Waals surface area contributed by atoms with Crippen LogP contribution in [0.2, 0.25) is 0 Å². The lowest BCUT2D eigenvalue weighted by Crippen LogP contribution is -2.16. The van der Waals surface area contributed by atoms with Crippen LogP contribution >= 0.6 is 0 Å². The molecule has 0 fully saturated rings. The lowest BCUT2D eigenvalue weighted by molar-refractivity contribution is -0.137. The van der Waals surface area contributed by atoms with E-state index in [4.69, 9.17) is 4.74 Å². The summed E-state index contributed by atoms with van der Waals surface area (Å²) in [6, 6.07) is 4.74. The third-order valence-corrected chi connectivity index (χ3v) is 1.85. The van der Waals surface area contributed by atoms with Crippen LogP contribution in [0.1, 0.15) is 26.3 Å². The highest BCUT2D eigenvalue weighted by molar-refractivity contribution is 5.28. The van der Waals surface area contributed by atoms with Crippen LogP contribution in [0, 0.1) is 5.41 Å². The van der Waals surface area contributed by atoms with Gasteiger partial charge in [-0.15, -0.1) is 0 Å². The van der Waals surface area contributed by atoms with Crippen LogP contribution in [0.15, 0.2) is 24.3 Å². The molecule has 0 bridgehead atoms. The van der Waals surface area contributed by atoms with Gasteiger partial charge in [-0.1, -0.05) is 20.8 Å². The highest BCUT2D eigenvalue weighted by atomic mass is 19.4. The van der Waals surface area contributed by atoms with Gasteiger partial charge in [0.25, 0.3) is 0 Å². The van der Waals surface area contributed by atoms with Gasteiger partial charge in [-0.2, -0.15) is 13.2 Å². The molecule has 0 heterocycles. The molecule has 0 aromatic heterocycles. The Labute approximate surface area is 93.2 Å². The van der Waals surface area contributed by atoms with E-state index in [1.165, 1.54) is 12.1 Å². The van der Waals surface area contributed by atoms with E-state index in [1.54, 1.807) is 0 Å². The van der Waals surface area contributed by atoms with Crippen molar-refractivity contribution in [3.05, 3.63) is 29.8 Å². The highest BCUT2D eigenvalue weighted by Crippen LogP contribution is 2.30. The Bertz CT molecular complexity index is 333. The Morgan fingerprint density at radius 3 is 1.88 bits per heavy atom. The second-order valence-corrected chi connectivity index (χ2v) is 4.87.